The molecule has 1 aliphatic carbocycles. The number of allylic oxidation sites excluding steroid dienone is 1. The zero-order valence-corrected chi connectivity index (χ0v) is 21.5. The van der Waals surface area contributed by atoms with Crippen LogP contribution < -0.4 is 5.32 Å². The Labute approximate surface area is 223 Å². The van der Waals surface area contributed by atoms with Crippen LogP contribution in [0.4, 0.5) is 0 Å². The van der Waals surface area contributed by atoms with Crippen LogP contribution in [0.2, 0.25) is 10.0 Å². The number of rotatable bonds is 5. The molecule has 2 aromatic heterocycles. The third-order valence-electron chi connectivity index (χ3n) is 6.67. The van der Waals surface area contributed by atoms with Crippen molar-refractivity contribution in [3.05, 3.63) is 99.2 Å². The Morgan fingerprint density at radius 3 is 2.59 bits per heavy atom. The number of hydrogen-bond acceptors (Lipinski definition) is 3. The van der Waals surface area contributed by atoms with Crippen molar-refractivity contribution in [2.24, 2.45) is 0 Å². The van der Waals surface area contributed by atoms with Gasteiger partial charge in [-0.25, -0.2) is 4.98 Å². The largest absolute Gasteiger partial charge is 0.348 e. The van der Waals surface area contributed by atoms with Crippen LogP contribution in [-0.4, -0.2) is 26.1 Å². The fourth-order valence-electron chi connectivity index (χ4n) is 4.76. The molecule has 0 fully saturated rings. The normalized spacial score (nSPS) is 14.6. The number of hydrogen-bond donors (Lipinski definition) is 3. The van der Waals surface area contributed by atoms with Gasteiger partial charge < -0.3 is 10.3 Å². The summed E-state index contributed by atoms with van der Waals surface area (Å²) in [6.45, 7) is 2.60. The Kier molecular flexibility index (Phi) is 6.07. The second-order valence-corrected chi connectivity index (χ2v) is 10.2. The van der Waals surface area contributed by atoms with Crippen molar-refractivity contribution in [1.82, 2.24) is 25.5 Å². The Balaban J connectivity index is 1.17. The summed E-state index contributed by atoms with van der Waals surface area (Å²) in [5.41, 5.74) is 8.11. The summed E-state index contributed by atoms with van der Waals surface area (Å²) < 4.78 is 0. The lowest BCUT2D eigenvalue weighted by Crippen LogP contribution is -2.22. The molecule has 5 aromatic rings. The number of carbonyl (C=O) groups is 1. The maximum Gasteiger partial charge on any atom is 0.251 e. The van der Waals surface area contributed by atoms with Crippen LogP contribution in [0.25, 0.3) is 39.8 Å². The summed E-state index contributed by atoms with van der Waals surface area (Å²) in [5.74, 6) is 0.911. The molecule has 37 heavy (non-hydrogen) atoms. The van der Waals surface area contributed by atoms with Crippen molar-refractivity contribution in [2.45, 2.75) is 25.8 Å². The van der Waals surface area contributed by atoms with Gasteiger partial charge in [-0.05, 0) is 71.5 Å². The maximum atomic E-state index is 12.9. The minimum absolute atomic E-state index is 0.153. The molecular formula is C29H23Cl2N5O. The fourth-order valence-corrected chi connectivity index (χ4v) is 5.29. The molecule has 6 rings (SSSR count). The second kappa shape index (κ2) is 9.54. The number of H-pyrrole nitrogens is 2. The first-order chi connectivity index (χ1) is 17.9. The molecule has 0 spiro atoms. The number of nitrogens with one attached hydrogen (secondary N) is 3. The number of nitrogens with zero attached hydrogens (tertiary/aromatic N) is 2. The molecule has 0 bridgehead atoms. The predicted octanol–water partition coefficient (Wildman–Crippen LogP) is 7.38. The molecule has 8 heteroatoms. The van der Waals surface area contributed by atoms with Gasteiger partial charge in [-0.2, -0.15) is 5.10 Å². The van der Waals surface area contributed by atoms with Crippen LogP contribution in [0.5, 0.6) is 0 Å². The number of aromatic amines is 2. The van der Waals surface area contributed by atoms with E-state index in [0.717, 1.165) is 45.5 Å². The van der Waals surface area contributed by atoms with Crippen molar-refractivity contribution >= 4 is 46.2 Å². The highest BCUT2D eigenvalue weighted by Crippen LogP contribution is 2.35. The Hall–Kier alpha value is -3.87. The quantitative estimate of drug-likeness (QED) is 0.223. The number of benzene rings is 3. The van der Waals surface area contributed by atoms with Crippen molar-refractivity contribution in [1.29, 1.82) is 0 Å². The van der Waals surface area contributed by atoms with E-state index in [2.05, 4.69) is 39.6 Å². The molecule has 1 unspecified atom stereocenters. The van der Waals surface area contributed by atoms with Crippen LogP contribution in [0, 0.1) is 0 Å². The Morgan fingerprint density at radius 1 is 1.03 bits per heavy atom. The van der Waals surface area contributed by atoms with Gasteiger partial charge in [0.2, 0.25) is 0 Å². The SMILES string of the molecule is CC1CC=Cc2[nH]nc(-c3nc4ccc(C(=O)NCc5ccc(-c6cc(Cl)cc(Cl)c6)cc5)cc4[nH]3)c21. The molecule has 6 nitrogen and oxygen atoms in total. The van der Waals surface area contributed by atoms with Crippen molar-refractivity contribution in [3.63, 3.8) is 0 Å². The highest BCUT2D eigenvalue weighted by Gasteiger charge is 2.23. The molecule has 0 saturated carbocycles. The molecule has 3 aromatic carbocycles. The fraction of sp³-hybridized carbons (Fsp3) is 0.138. The molecule has 184 valence electrons. The van der Waals surface area contributed by atoms with Gasteiger partial charge >= 0.3 is 0 Å². The van der Waals surface area contributed by atoms with Gasteiger partial charge in [-0.15, -0.1) is 0 Å². The summed E-state index contributed by atoms with van der Waals surface area (Å²) in [5, 5.41) is 11.8. The van der Waals surface area contributed by atoms with E-state index in [0.29, 0.717) is 33.9 Å². The molecule has 2 heterocycles. The third-order valence-corrected chi connectivity index (χ3v) is 7.11. The summed E-state index contributed by atoms with van der Waals surface area (Å²) >= 11 is 12.3. The number of fused-ring (bicyclic) bond motifs is 2. The Bertz CT molecular complexity index is 1650. The van der Waals surface area contributed by atoms with Crippen LogP contribution >= 0.6 is 23.2 Å². The highest BCUT2D eigenvalue weighted by molar-refractivity contribution is 6.35. The first-order valence-corrected chi connectivity index (χ1v) is 12.8. The van der Waals surface area contributed by atoms with E-state index in [1.54, 1.807) is 12.1 Å². The number of aromatic nitrogens is 4. The molecule has 1 atom stereocenters. The lowest BCUT2D eigenvalue weighted by molar-refractivity contribution is 0.0951. The maximum absolute atomic E-state index is 12.9. The standard InChI is InChI=1S/C29H23Cl2N5O/c1-16-3-2-4-24-26(16)27(36-35-24)28-33-23-10-9-19(13-25(23)34-28)29(37)32-15-17-5-7-18(8-6-17)20-11-21(30)14-22(31)12-20/h2,4-14,16H,3,15H2,1H3,(H,32,37)(H,33,34)(H,35,36). The number of imidazole rings is 1. The first-order valence-electron chi connectivity index (χ1n) is 12.0. The average Bonchev–Trinajstić information content (AvgIpc) is 3.51. The summed E-state index contributed by atoms with van der Waals surface area (Å²) in [6.07, 6.45) is 5.20. The minimum atomic E-state index is -0.153. The third kappa shape index (κ3) is 4.66. The van der Waals surface area contributed by atoms with Gasteiger partial charge in [0.05, 0.1) is 16.7 Å². The van der Waals surface area contributed by atoms with Gasteiger partial charge in [0.15, 0.2) is 5.82 Å². The molecule has 3 N–H and O–H groups in total. The predicted molar refractivity (Wildman–Crippen MR) is 149 cm³/mol. The van der Waals surface area contributed by atoms with E-state index in [9.17, 15) is 4.79 Å². The van der Waals surface area contributed by atoms with Crippen molar-refractivity contribution in [3.8, 4) is 22.6 Å². The van der Waals surface area contributed by atoms with Gasteiger partial charge in [0, 0.05) is 27.7 Å². The van der Waals surface area contributed by atoms with E-state index in [1.807, 2.05) is 48.5 Å². The van der Waals surface area contributed by atoms with Gasteiger partial charge in [0.1, 0.15) is 5.69 Å². The number of amides is 1. The lowest BCUT2D eigenvalue weighted by Gasteiger charge is -2.13. The average molecular weight is 528 g/mol. The Morgan fingerprint density at radius 2 is 1.81 bits per heavy atom. The van der Waals surface area contributed by atoms with E-state index >= 15 is 0 Å². The summed E-state index contributed by atoms with van der Waals surface area (Å²) in [6, 6.07) is 18.9. The van der Waals surface area contributed by atoms with Gasteiger partial charge in [0.25, 0.3) is 5.91 Å². The molecule has 1 amide bonds. The first kappa shape index (κ1) is 23.5. The topological polar surface area (TPSA) is 86.5 Å². The zero-order valence-electron chi connectivity index (χ0n) is 20.0. The van der Waals surface area contributed by atoms with Crippen molar-refractivity contribution in [2.75, 3.05) is 0 Å². The summed E-state index contributed by atoms with van der Waals surface area (Å²) in [4.78, 5) is 21.0. The molecule has 1 aliphatic rings. The van der Waals surface area contributed by atoms with E-state index in [4.69, 9.17) is 28.2 Å². The monoisotopic (exact) mass is 527 g/mol. The lowest BCUT2D eigenvalue weighted by atomic mass is 9.91. The van der Waals surface area contributed by atoms with Crippen LogP contribution in [0.1, 0.15) is 46.4 Å². The number of carbonyl (C=O) groups excluding carboxylic acids is 1. The smallest absolute Gasteiger partial charge is 0.251 e. The van der Waals surface area contributed by atoms with E-state index in [1.165, 1.54) is 5.56 Å². The van der Waals surface area contributed by atoms with Crippen molar-refractivity contribution < 1.29 is 4.79 Å². The molecular weight excluding hydrogens is 505 g/mol. The van der Waals surface area contributed by atoms with Crippen LogP contribution in [0.3, 0.4) is 0 Å². The van der Waals surface area contributed by atoms with Crippen LogP contribution in [0.15, 0.2) is 66.7 Å². The second-order valence-electron chi connectivity index (χ2n) is 9.29. The number of halogens is 2. The molecule has 0 radical (unpaired) electrons. The minimum Gasteiger partial charge on any atom is -0.348 e. The van der Waals surface area contributed by atoms with Crippen LogP contribution in [-0.2, 0) is 6.54 Å². The van der Waals surface area contributed by atoms with Gasteiger partial charge in [-0.1, -0.05) is 60.5 Å². The van der Waals surface area contributed by atoms with E-state index in [-0.39, 0.29) is 5.91 Å². The van der Waals surface area contributed by atoms with E-state index < -0.39 is 0 Å². The molecule has 0 saturated heterocycles. The highest BCUT2D eigenvalue weighted by atomic mass is 35.5. The van der Waals surface area contributed by atoms with Gasteiger partial charge in [-0.3, -0.25) is 9.89 Å². The molecule has 0 aliphatic heterocycles. The summed E-state index contributed by atoms with van der Waals surface area (Å²) in [7, 11) is 0. The zero-order chi connectivity index (χ0) is 25.5.